The zero-order valence-electron chi connectivity index (χ0n) is 11.8. The predicted octanol–water partition coefficient (Wildman–Crippen LogP) is 3.68. The largest absolute Gasteiger partial charge is 0.494 e. The summed E-state index contributed by atoms with van der Waals surface area (Å²) in [6.45, 7) is 0.643. The van der Waals surface area contributed by atoms with Crippen LogP contribution in [0.5, 0.6) is 5.75 Å². The van der Waals surface area contributed by atoms with E-state index < -0.39 is 0 Å². The molecule has 1 aromatic carbocycles. The van der Waals surface area contributed by atoms with Crippen LogP contribution in [0.25, 0.3) is 0 Å². The summed E-state index contributed by atoms with van der Waals surface area (Å²) in [5, 5.41) is 0. The van der Waals surface area contributed by atoms with Gasteiger partial charge in [0.1, 0.15) is 0 Å². The molecule has 3 heteroatoms. The fourth-order valence-electron chi connectivity index (χ4n) is 3.19. The van der Waals surface area contributed by atoms with Gasteiger partial charge in [0.15, 0.2) is 11.6 Å². The highest BCUT2D eigenvalue weighted by atomic mass is 19.1. The van der Waals surface area contributed by atoms with E-state index in [2.05, 4.69) is 0 Å². The molecule has 0 spiro atoms. The summed E-state index contributed by atoms with van der Waals surface area (Å²) >= 11 is 0. The third kappa shape index (κ3) is 3.27. The lowest BCUT2D eigenvalue weighted by atomic mass is 9.75. The average molecular weight is 265 g/mol. The molecule has 1 aliphatic rings. The van der Waals surface area contributed by atoms with Crippen LogP contribution in [0.15, 0.2) is 18.2 Å². The summed E-state index contributed by atoms with van der Waals surface area (Å²) in [5.41, 5.74) is 6.84. The van der Waals surface area contributed by atoms with Crippen molar-refractivity contribution in [2.75, 3.05) is 13.7 Å². The van der Waals surface area contributed by atoms with E-state index in [0.717, 1.165) is 24.8 Å². The van der Waals surface area contributed by atoms with Crippen LogP contribution in [0.1, 0.15) is 44.1 Å². The first-order valence-corrected chi connectivity index (χ1v) is 7.22. The Morgan fingerprint density at radius 1 is 1.21 bits per heavy atom. The van der Waals surface area contributed by atoms with Gasteiger partial charge in [-0.3, -0.25) is 0 Å². The Hall–Kier alpha value is -1.09. The maximum atomic E-state index is 14.3. The second-order valence-electron chi connectivity index (χ2n) is 5.73. The van der Waals surface area contributed by atoms with Gasteiger partial charge in [-0.2, -0.15) is 0 Å². The SMILES string of the molecule is COc1cccc(CC2(CN)CCCCCC2)c1F. The fraction of sp³-hybridized carbons (Fsp3) is 0.625. The first-order chi connectivity index (χ1) is 9.21. The maximum absolute atomic E-state index is 14.3. The quantitative estimate of drug-likeness (QED) is 0.843. The van der Waals surface area contributed by atoms with Crippen molar-refractivity contribution < 1.29 is 9.13 Å². The molecule has 1 saturated carbocycles. The van der Waals surface area contributed by atoms with E-state index >= 15 is 0 Å². The summed E-state index contributed by atoms with van der Waals surface area (Å²) in [6.07, 6.45) is 7.93. The number of hydrogen-bond acceptors (Lipinski definition) is 2. The minimum Gasteiger partial charge on any atom is -0.494 e. The number of nitrogens with two attached hydrogens (primary N) is 1. The van der Waals surface area contributed by atoms with Gasteiger partial charge in [0, 0.05) is 0 Å². The molecule has 0 saturated heterocycles. The van der Waals surface area contributed by atoms with E-state index in [1.165, 1.54) is 32.8 Å². The second kappa shape index (κ2) is 6.38. The molecule has 1 fully saturated rings. The third-order valence-electron chi connectivity index (χ3n) is 4.43. The van der Waals surface area contributed by atoms with Crippen LogP contribution in [0.4, 0.5) is 4.39 Å². The van der Waals surface area contributed by atoms with Crippen LogP contribution >= 0.6 is 0 Å². The summed E-state index contributed by atoms with van der Waals surface area (Å²) in [7, 11) is 1.51. The van der Waals surface area contributed by atoms with E-state index in [1.807, 2.05) is 12.1 Å². The highest BCUT2D eigenvalue weighted by Crippen LogP contribution is 2.38. The Morgan fingerprint density at radius 3 is 2.47 bits per heavy atom. The number of rotatable bonds is 4. The number of ether oxygens (including phenoxy) is 1. The Morgan fingerprint density at radius 2 is 1.89 bits per heavy atom. The molecule has 0 aliphatic heterocycles. The smallest absolute Gasteiger partial charge is 0.168 e. The Bertz CT molecular complexity index is 411. The lowest BCUT2D eigenvalue weighted by Crippen LogP contribution is -2.32. The van der Waals surface area contributed by atoms with E-state index in [1.54, 1.807) is 6.07 Å². The molecular weight excluding hydrogens is 241 g/mol. The van der Waals surface area contributed by atoms with Crippen molar-refractivity contribution in [1.29, 1.82) is 0 Å². The molecule has 106 valence electrons. The Labute approximate surface area is 115 Å². The summed E-state index contributed by atoms with van der Waals surface area (Å²) in [5.74, 6) is 0.111. The average Bonchev–Trinajstić information content (AvgIpc) is 2.67. The van der Waals surface area contributed by atoms with Gasteiger partial charge in [0.25, 0.3) is 0 Å². The highest BCUT2D eigenvalue weighted by molar-refractivity contribution is 5.31. The molecule has 0 heterocycles. The third-order valence-corrected chi connectivity index (χ3v) is 4.43. The van der Waals surface area contributed by atoms with Crippen molar-refractivity contribution in [3.63, 3.8) is 0 Å². The van der Waals surface area contributed by atoms with Crippen molar-refractivity contribution in [1.82, 2.24) is 0 Å². The highest BCUT2D eigenvalue weighted by Gasteiger charge is 2.31. The van der Waals surface area contributed by atoms with E-state index in [4.69, 9.17) is 10.5 Å². The normalized spacial score (nSPS) is 18.9. The molecule has 0 atom stereocenters. The zero-order chi connectivity index (χ0) is 13.7. The Balaban J connectivity index is 2.22. The summed E-state index contributed by atoms with van der Waals surface area (Å²) in [4.78, 5) is 0. The van der Waals surface area contributed by atoms with Crippen LogP contribution in [-0.2, 0) is 6.42 Å². The van der Waals surface area contributed by atoms with Gasteiger partial charge >= 0.3 is 0 Å². The van der Waals surface area contributed by atoms with Gasteiger partial charge in [-0.05, 0) is 42.9 Å². The van der Waals surface area contributed by atoms with Crippen molar-refractivity contribution in [3.05, 3.63) is 29.6 Å². The van der Waals surface area contributed by atoms with E-state index in [9.17, 15) is 4.39 Å². The number of halogens is 1. The first-order valence-electron chi connectivity index (χ1n) is 7.22. The zero-order valence-corrected chi connectivity index (χ0v) is 11.8. The summed E-state index contributed by atoms with van der Waals surface area (Å²) < 4.78 is 19.3. The Kier molecular flexibility index (Phi) is 4.81. The first kappa shape index (κ1) is 14.3. The van der Waals surface area contributed by atoms with Crippen molar-refractivity contribution >= 4 is 0 Å². The lowest BCUT2D eigenvalue weighted by molar-refractivity contribution is 0.248. The van der Waals surface area contributed by atoms with Crippen LogP contribution in [-0.4, -0.2) is 13.7 Å². The molecule has 0 radical (unpaired) electrons. The molecule has 2 nitrogen and oxygen atoms in total. The molecule has 2 rings (SSSR count). The van der Waals surface area contributed by atoms with E-state index in [-0.39, 0.29) is 11.2 Å². The van der Waals surface area contributed by atoms with Gasteiger partial charge in [-0.1, -0.05) is 37.8 Å². The number of methoxy groups -OCH3 is 1. The minimum absolute atomic E-state index is 0.0731. The van der Waals surface area contributed by atoms with Crippen LogP contribution in [0.2, 0.25) is 0 Å². The molecule has 0 bridgehead atoms. The van der Waals surface area contributed by atoms with Gasteiger partial charge < -0.3 is 10.5 Å². The number of benzene rings is 1. The summed E-state index contributed by atoms with van der Waals surface area (Å²) in [6, 6.07) is 5.39. The minimum atomic E-state index is -0.220. The van der Waals surface area contributed by atoms with Crippen molar-refractivity contribution in [3.8, 4) is 5.75 Å². The molecular formula is C16H24FNO. The van der Waals surface area contributed by atoms with Crippen molar-refractivity contribution in [2.45, 2.75) is 44.9 Å². The van der Waals surface area contributed by atoms with Gasteiger partial charge in [-0.25, -0.2) is 4.39 Å². The maximum Gasteiger partial charge on any atom is 0.168 e. The molecule has 19 heavy (non-hydrogen) atoms. The van der Waals surface area contributed by atoms with Crippen LogP contribution < -0.4 is 10.5 Å². The predicted molar refractivity (Wildman–Crippen MR) is 75.8 cm³/mol. The molecule has 0 aromatic heterocycles. The van der Waals surface area contributed by atoms with Crippen LogP contribution in [0, 0.1) is 11.2 Å². The molecule has 0 unspecified atom stereocenters. The number of hydrogen-bond donors (Lipinski definition) is 1. The van der Waals surface area contributed by atoms with Crippen LogP contribution in [0.3, 0.4) is 0 Å². The molecule has 1 aromatic rings. The molecule has 0 amide bonds. The van der Waals surface area contributed by atoms with E-state index in [0.29, 0.717) is 12.3 Å². The fourth-order valence-corrected chi connectivity index (χ4v) is 3.19. The van der Waals surface area contributed by atoms with Crippen molar-refractivity contribution in [2.24, 2.45) is 11.1 Å². The standard InChI is InChI=1S/C16H24FNO/c1-19-14-8-6-7-13(15(14)17)11-16(12-18)9-4-2-3-5-10-16/h6-8H,2-5,9-12,18H2,1H3. The molecule has 1 aliphatic carbocycles. The van der Waals surface area contributed by atoms with Gasteiger partial charge in [-0.15, -0.1) is 0 Å². The monoisotopic (exact) mass is 265 g/mol. The molecule has 2 N–H and O–H groups in total. The van der Waals surface area contributed by atoms with Gasteiger partial charge in [0.05, 0.1) is 7.11 Å². The second-order valence-corrected chi connectivity index (χ2v) is 5.73. The van der Waals surface area contributed by atoms with Gasteiger partial charge in [0.2, 0.25) is 0 Å². The topological polar surface area (TPSA) is 35.2 Å². The lowest BCUT2D eigenvalue weighted by Gasteiger charge is -2.31.